The maximum absolute atomic E-state index is 12.9. The van der Waals surface area contributed by atoms with Crippen molar-refractivity contribution in [1.82, 2.24) is 24.9 Å². The standard InChI is InChI=1S/C18H27N5O3/c1-3-21-8-10-22(11-9-21)18(26)17-14-12-23(7-6-15(14)19-20-17)16(25)5-4-13(2)24/h3-12H2,1-2H3,(H,19,20). The lowest BCUT2D eigenvalue weighted by Gasteiger charge is -2.34. The molecule has 26 heavy (non-hydrogen) atoms. The molecule has 1 aromatic heterocycles. The molecule has 2 aliphatic heterocycles. The maximum Gasteiger partial charge on any atom is 0.274 e. The minimum absolute atomic E-state index is 0.0152. The summed E-state index contributed by atoms with van der Waals surface area (Å²) >= 11 is 0. The first-order valence-corrected chi connectivity index (χ1v) is 9.34. The van der Waals surface area contributed by atoms with Crippen molar-refractivity contribution >= 4 is 17.6 Å². The first-order chi connectivity index (χ1) is 12.5. The second kappa shape index (κ2) is 7.99. The third kappa shape index (κ3) is 3.95. The molecule has 8 heteroatoms. The first kappa shape index (κ1) is 18.6. The number of nitrogens with zero attached hydrogens (tertiary/aromatic N) is 4. The topological polar surface area (TPSA) is 89.6 Å². The normalized spacial score (nSPS) is 17.9. The molecule has 2 aliphatic rings. The maximum atomic E-state index is 12.9. The number of Topliss-reactive ketones (excluding diaryl/α,β-unsaturated/α-hetero) is 1. The molecule has 0 spiro atoms. The number of rotatable bonds is 5. The van der Waals surface area contributed by atoms with E-state index in [-0.39, 0.29) is 30.4 Å². The van der Waals surface area contributed by atoms with E-state index in [1.807, 2.05) is 4.90 Å². The van der Waals surface area contributed by atoms with Crippen molar-refractivity contribution in [2.24, 2.45) is 0 Å². The first-order valence-electron chi connectivity index (χ1n) is 9.34. The van der Waals surface area contributed by atoms with Crippen LogP contribution in [0.4, 0.5) is 0 Å². The molecular weight excluding hydrogens is 334 g/mol. The van der Waals surface area contributed by atoms with Crippen LogP contribution in [0.15, 0.2) is 0 Å². The van der Waals surface area contributed by atoms with E-state index >= 15 is 0 Å². The van der Waals surface area contributed by atoms with Gasteiger partial charge in [0.05, 0.1) is 0 Å². The van der Waals surface area contributed by atoms with Crippen molar-refractivity contribution in [1.29, 1.82) is 0 Å². The van der Waals surface area contributed by atoms with E-state index in [0.717, 1.165) is 30.9 Å². The van der Waals surface area contributed by atoms with Gasteiger partial charge in [0.15, 0.2) is 5.69 Å². The molecule has 0 aromatic carbocycles. The molecule has 142 valence electrons. The number of carbonyl (C=O) groups is 3. The van der Waals surface area contributed by atoms with Gasteiger partial charge in [-0.1, -0.05) is 6.92 Å². The largest absolute Gasteiger partial charge is 0.338 e. The second-order valence-corrected chi connectivity index (χ2v) is 7.02. The molecular formula is C18H27N5O3. The van der Waals surface area contributed by atoms with Crippen LogP contribution in [0.5, 0.6) is 0 Å². The lowest BCUT2D eigenvalue weighted by Crippen LogP contribution is -2.48. The number of fused-ring (bicyclic) bond motifs is 1. The van der Waals surface area contributed by atoms with Crippen LogP contribution in [0.3, 0.4) is 0 Å². The predicted molar refractivity (Wildman–Crippen MR) is 95.6 cm³/mol. The van der Waals surface area contributed by atoms with Gasteiger partial charge in [-0.15, -0.1) is 0 Å². The van der Waals surface area contributed by atoms with Crippen LogP contribution >= 0.6 is 0 Å². The highest BCUT2D eigenvalue weighted by atomic mass is 16.2. The molecule has 0 aliphatic carbocycles. The Morgan fingerprint density at radius 2 is 1.77 bits per heavy atom. The zero-order valence-corrected chi connectivity index (χ0v) is 15.6. The summed E-state index contributed by atoms with van der Waals surface area (Å²) in [6.45, 7) is 8.76. The van der Waals surface area contributed by atoms with Crippen LogP contribution in [0, 0.1) is 0 Å². The Balaban J connectivity index is 1.67. The number of hydrogen-bond acceptors (Lipinski definition) is 5. The Kier molecular flexibility index (Phi) is 5.70. The highest BCUT2D eigenvalue weighted by Gasteiger charge is 2.30. The van der Waals surface area contributed by atoms with E-state index in [1.165, 1.54) is 6.92 Å². The Morgan fingerprint density at radius 1 is 1.04 bits per heavy atom. The number of aromatic amines is 1. The lowest BCUT2D eigenvalue weighted by molar-refractivity contribution is -0.133. The van der Waals surface area contributed by atoms with Crippen LogP contribution in [0.1, 0.15) is 48.4 Å². The number of amides is 2. The summed E-state index contributed by atoms with van der Waals surface area (Å²) in [6.07, 6.45) is 1.15. The highest BCUT2D eigenvalue weighted by molar-refractivity contribution is 5.94. The second-order valence-electron chi connectivity index (χ2n) is 7.02. The van der Waals surface area contributed by atoms with Gasteiger partial charge in [-0.3, -0.25) is 14.7 Å². The molecule has 0 radical (unpaired) electrons. The molecule has 1 saturated heterocycles. The third-order valence-corrected chi connectivity index (χ3v) is 5.29. The third-order valence-electron chi connectivity index (χ3n) is 5.29. The zero-order valence-electron chi connectivity index (χ0n) is 15.6. The van der Waals surface area contributed by atoms with Gasteiger partial charge in [0.25, 0.3) is 5.91 Å². The average molecular weight is 361 g/mol. The van der Waals surface area contributed by atoms with Crippen molar-refractivity contribution in [3.8, 4) is 0 Å². The van der Waals surface area contributed by atoms with Crippen LogP contribution in [-0.2, 0) is 22.6 Å². The quantitative estimate of drug-likeness (QED) is 0.822. The SMILES string of the molecule is CCN1CCN(C(=O)c2n[nH]c3c2CN(C(=O)CCC(C)=O)CC3)CC1. The average Bonchev–Trinajstić information content (AvgIpc) is 3.08. The van der Waals surface area contributed by atoms with Crippen molar-refractivity contribution < 1.29 is 14.4 Å². The van der Waals surface area contributed by atoms with Gasteiger partial charge in [-0.05, 0) is 13.5 Å². The summed E-state index contributed by atoms with van der Waals surface area (Å²) in [6, 6.07) is 0. The molecule has 0 saturated carbocycles. The van der Waals surface area contributed by atoms with Crippen molar-refractivity contribution in [2.45, 2.75) is 39.7 Å². The van der Waals surface area contributed by atoms with Crippen LogP contribution in [-0.4, -0.2) is 81.8 Å². The van der Waals surface area contributed by atoms with Gasteiger partial charge >= 0.3 is 0 Å². The Morgan fingerprint density at radius 3 is 2.42 bits per heavy atom. The Bertz CT molecular complexity index is 691. The van der Waals surface area contributed by atoms with Crippen LogP contribution in [0.2, 0.25) is 0 Å². The molecule has 1 N–H and O–H groups in total. The number of H-pyrrole nitrogens is 1. The van der Waals surface area contributed by atoms with E-state index in [0.29, 0.717) is 38.3 Å². The molecule has 0 unspecified atom stereocenters. The fourth-order valence-electron chi connectivity index (χ4n) is 3.54. The van der Waals surface area contributed by atoms with Gasteiger partial charge in [-0.25, -0.2) is 0 Å². The van der Waals surface area contributed by atoms with E-state index in [9.17, 15) is 14.4 Å². The molecule has 8 nitrogen and oxygen atoms in total. The van der Waals surface area contributed by atoms with Gasteiger partial charge in [-0.2, -0.15) is 5.10 Å². The number of likely N-dealkylation sites (N-methyl/N-ethyl adjacent to an activating group) is 1. The molecule has 1 fully saturated rings. The van der Waals surface area contributed by atoms with E-state index in [1.54, 1.807) is 4.90 Å². The predicted octanol–water partition coefficient (Wildman–Crippen LogP) is 0.441. The van der Waals surface area contributed by atoms with Gasteiger partial charge in [0, 0.05) is 69.8 Å². The number of carbonyl (C=O) groups excluding carboxylic acids is 3. The number of hydrogen-bond donors (Lipinski definition) is 1. The molecule has 0 atom stereocenters. The lowest BCUT2D eigenvalue weighted by atomic mass is 10.0. The molecule has 1 aromatic rings. The fourth-order valence-corrected chi connectivity index (χ4v) is 3.54. The molecule has 3 rings (SSSR count). The summed E-state index contributed by atoms with van der Waals surface area (Å²) in [5.41, 5.74) is 2.21. The summed E-state index contributed by atoms with van der Waals surface area (Å²) in [5.74, 6) is -0.0836. The van der Waals surface area contributed by atoms with Gasteiger partial charge in [0.2, 0.25) is 5.91 Å². The molecule has 2 amide bonds. The number of piperazine rings is 1. The minimum atomic E-state index is -0.0590. The van der Waals surface area contributed by atoms with Gasteiger partial charge in [0.1, 0.15) is 5.78 Å². The van der Waals surface area contributed by atoms with Crippen molar-refractivity contribution in [2.75, 3.05) is 39.3 Å². The smallest absolute Gasteiger partial charge is 0.274 e. The molecule has 0 bridgehead atoms. The summed E-state index contributed by atoms with van der Waals surface area (Å²) in [5, 5.41) is 7.23. The van der Waals surface area contributed by atoms with Crippen LogP contribution in [0.25, 0.3) is 0 Å². The summed E-state index contributed by atoms with van der Waals surface area (Å²) in [4.78, 5) is 42.2. The number of aromatic nitrogens is 2. The Labute approximate surface area is 153 Å². The number of ketones is 1. The van der Waals surface area contributed by atoms with E-state index < -0.39 is 0 Å². The number of nitrogens with one attached hydrogen (secondary N) is 1. The van der Waals surface area contributed by atoms with Gasteiger partial charge < -0.3 is 19.5 Å². The van der Waals surface area contributed by atoms with E-state index in [4.69, 9.17) is 0 Å². The van der Waals surface area contributed by atoms with E-state index in [2.05, 4.69) is 22.0 Å². The monoisotopic (exact) mass is 361 g/mol. The van der Waals surface area contributed by atoms with Crippen LogP contribution < -0.4 is 0 Å². The summed E-state index contributed by atoms with van der Waals surface area (Å²) < 4.78 is 0. The zero-order chi connectivity index (χ0) is 18.7. The fraction of sp³-hybridized carbons (Fsp3) is 0.667. The Hall–Kier alpha value is -2.22. The minimum Gasteiger partial charge on any atom is -0.338 e. The highest BCUT2D eigenvalue weighted by Crippen LogP contribution is 2.22. The summed E-state index contributed by atoms with van der Waals surface area (Å²) in [7, 11) is 0. The van der Waals surface area contributed by atoms with Crippen molar-refractivity contribution in [3.63, 3.8) is 0 Å². The molecule has 3 heterocycles. The van der Waals surface area contributed by atoms with Crippen molar-refractivity contribution in [3.05, 3.63) is 17.0 Å².